The van der Waals surface area contributed by atoms with Gasteiger partial charge in [-0.3, -0.25) is 4.40 Å². The molecule has 0 bridgehead atoms. The van der Waals surface area contributed by atoms with Crippen molar-refractivity contribution in [1.29, 1.82) is 0 Å². The van der Waals surface area contributed by atoms with Crippen LogP contribution in [0.5, 0.6) is 0 Å². The number of aromatic carboxylic acids is 1. The molecule has 18 heavy (non-hydrogen) atoms. The van der Waals surface area contributed by atoms with Gasteiger partial charge in [0.2, 0.25) is 0 Å². The molecule has 0 spiro atoms. The van der Waals surface area contributed by atoms with E-state index in [1.165, 1.54) is 0 Å². The van der Waals surface area contributed by atoms with E-state index >= 15 is 0 Å². The molecule has 1 N–H and O–H groups in total. The van der Waals surface area contributed by atoms with Crippen LogP contribution in [0.15, 0.2) is 12.3 Å². The maximum Gasteiger partial charge on any atom is 0.396 e. The fourth-order valence-corrected chi connectivity index (χ4v) is 1.66. The highest BCUT2D eigenvalue weighted by Crippen LogP contribution is 2.23. The third kappa shape index (κ3) is 2.37. The summed E-state index contributed by atoms with van der Waals surface area (Å²) in [6.45, 7) is 0. The summed E-state index contributed by atoms with van der Waals surface area (Å²) in [6, 6.07) is 1.10. The number of rotatable bonds is 2. The molecule has 9 heteroatoms. The Labute approximate surface area is 103 Å². The van der Waals surface area contributed by atoms with E-state index in [0.29, 0.717) is 0 Å². The van der Waals surface area contributed by atoms with Crippen molar-refractivity contribution in [3.8, 4) is 0 Å². The number of hydrogen-bond acceptors (Lipinski definition) is 3. The molecule has 0 atom stereocenters. The minimum Gasteiger partial charge on any atom is -0.478 e. The van der Waals surface area contributed by atoms with Gasteiger partial charge in [0.25, 0.3) is 0 Å². The fourth-order valence-electron chi connectivity index (χ4n) is 1.42. The molecule has 0 radical (unpaired) electrons. The lowest BCUT2D eigenvalue weighted by Crippen LogP contribution is -2.14. The van der Waals surface area contributed by atoms with Gasteiger partial charge in [0, 0.05) is 6.20 Å². The SMILES string of the molecule is O=C(O)c1cc(Cl)c2nnc(CC(F)(F)F)n2c1. The molecule has 5 nitrogen and oxygen atoms in total. The molecule has 2 rings (SSSR count). The third-order valence-corrected chi connectivity index (χ3v) is 2.41. The van der Waals surface area contributed by atoms with Crippen LogP contribution < -0.4 is 0 Å². The number of carbonyl (C=O) groups is 1. The summed E-state index contributed by atoms with van der Waals surface area (Å²) in [5.41, 5.74) is -0.253. The molecule has 0 amide bonds. The molecule has 0 saturated heterocycles. The monoisotopic (exact) mass is 279 g/mol. The van der Waals surface area contributed by atoms with Crippen molar-refractivity contribution in [2.24, 2.45) is 0 Å². The number of nitrogens with zero attached hydrogens (tertiary/aromatic N) is 3. The molecule has 2 heterocycles. The Bertz CT molecular complexity index is 623. The molecule has 2 aromatic heterocycles. The highest BCUT2D eigenvalue weighted by Gasteiger charge is 2.31. The van der Waals surface area contributed by atoms with Gasteiger partial charge in [0.1, 0.15) is 12.2 Å². The summed E-state index contributed by atoms with van der Waals surface area (Å²) in [5, 5.41) is 15.6. The van der Waals surface area contributed by atoms with E-state index in [1.54, 1.807) is 0 Å². The smallest absolute Gasteiger partial charge is 0.396 e. The van der Waals surface area contributed by atoms with Crippen LogP contribution in [-0.4, -0.2) is 31.9 Å². The molecular weight excluding hydrogens is 275 g/mol. The number of fused-ring (bicyclic) bond motifs is 1. The zero-order valence-corrected chi connectivity index (χ0v) is 9.33. The van der Waals surface area contributed by atoms with Crippen molar-refractivity contribution in [3.05, 3.63) is 28.7 Å². The third-order valence-electron chi connectivity index (χ3n) is 2.14. The zero-order chi connectivity index (χ0) is 13.5. The lowest BCUT2D eigenvalue weighted by molar-refractivity contribution is -0.128. The standard InChI is InChI=1S/C9H5ClF3N3O2/c10-5-1-4(8(17)18)3-16-6(2-9(11,12)13)14-15-7(5)16/h1,3H,2H2,(H,17,18). The lowest BCUT2D eigenvalue weighted by Gasteiger charge is -2.05. The van der Waals surface area contributed by atoms with E-state index in [-0.39, 0.29) is 16.2 Å². The summed E-state index contributed by atoms with van der Waals surface area (Å²) >= 11 is 5.72. The molecule has 2 aromatic rings. The van der Waals surface area contributed by atoms with Crippen LogP contribution in [-0.2, 0) is 6.42 Å². The van der Waals surface area contributed by atoms with Crippen LogP contribution >= 0.6 is 11.6 Å². The Morgan fingerprint density at radius 2 is 2.11 bits per heavy atom. The van der Waals surface area contributed by atoms with E-state index in [4.69, 9.17) is 16.7 Å². The van der Waals surface area contributed by atoms with Crippen LogP contribution in [0.25, 0.3) is 5.65 Å². The summed E-state index contributed by atoms with van der Waals surface area (Å²) in [4.78, 5) is 10.8. The zero-order valence-electron chi connectivity index (χ0n) is 8.57. The fraction of sp³-hybridized carbons (Fsp3) is 0.222. The lowest BCUT2D eigenvalue weighted by atomic mass is 10.3. The molecule has 0 unspecified atom stereocenters. The van der Waals surface area contributed by atoms with E-state index < -0.39 is 24.4 Å². The quantitative estimate of drug-likeness (QED) is 0.915. The van der Waals surface area contributed by atoms with Crippen molar-refractivity contribution in [2.75, 3.05) is 0 Å². The largest absolute Gasteiger partial charge is 0.478 e. The van der Waals surface area contributed by atoms with Crippen molar-refractivity contribution in [3.63, 3.8) is 0 Å². The van der Waals surface area contributed by atoms with Gasteiger partial charge in [-0.1, -0.05) is 11.6 Å². The van der Waals surface area contributed by atoms with Gasteiger partial charge >= 0.3 is 12.1 Å². The molecule has 0 aromatic carbocycles. The average molecular weight is 280 g/mol. The Kier molecular flexibility index (Phi) is 2.89. The molecule has 0 fully saturated rings. The topological polar surface area (TPSA) is 67.5 Å². The molecule has 0 aliphatic rings. The van der Waals surface area contributed by atoms with Crippen molar-refractivity contribution < 1.29 is 23.1 Å². The predicted molar refractivity (Wildman–Crippen MR) is 54.7 cm³/mol. The second-order valence-electron chi connectivity index (χ2n) is 3.48. The Hall–Kier alpha value is -1.83. The number of carboxylic acid groups (broad SMARTS) is 1. The number of alkyl halides is 3. The molecule has 0 aliphatic heterocycles. The first-order valence-electron chi connectivity index (χ1n) is 4.61. The number of halogens is 4. The molecule has 0 aliphatic carbocycles. The second kappa shape index (κ2) is 4.13. The van der Waals surface area contributed by atoms with Gasteiger partial charge in [-0.2, -0.15) is 13.2 Å². The summed E-state index contributed by atoms with van der Waals surface area (Å²) in [6.07, 6.45) is -4.77. The molecular formula is C9H5ClF3N3O2. The van der Waals surface area contributed by atoms with Gasteiger partial charge in [-0.15, -0.1) is 10.2 Å². The van der Waals surface area contributed by atoms with Crippen molar-refractivity contribution >= 4 is 23.2 Å². The normalized spacial score (nSPS) is 12.0. The van der Waals surface area contributed by atoms with Crippen LogP contribution in [0.2, 0.25) is 5.02 Å². The minimum atomic E-state index is -4.46. The average Bonchev–Trinajstić information content (AvgIpc) is 2.59. The minimum absolute atomic E-state index is 0.0130. The van der Waals surface area contributed by atoms with Crippen LogP contribution in [0.4, 0.5) is 13.2 Å². The summed E-state index contributed by atoms with van der Waals surface area (Å²) < 4.78 is 37.8. The number of carboxylic acids is 1. The Balaban J connectivity index is 2.60. The Morgan fingerprint density at radius 3 is 2.67 bits per heavy atom. The van der Waals surface area contributed by atoms with E-state index in [0.717, 1.165) is 16.7 Å². The molecule has 96 valence electrons. The van der Waals surface area contributed by atoms with Crippen LogP contribution in [0, 0.1) is 0 Å². The van der Waals surface area contributed by atoms with Gasteiger partial charge in [-0.05, 0) is 6.07 Å². The van der Waals surface area contributed by atoms with Gasteiger partial charge in [0.15, 0.2) is 5.65 Å². The first-order chi connectivity index (χ1) is 8.28. The first kappa shape index (κ1) is 12.6. The highest BCUT2D eigenvalue weighted by atomic mass is 35.5. The number of hydrogen-bond donors (Lipinski definition) is 1. The maximum atomic E-state index is 12.3. The maximum absolute atomic E-state index is 12.3. The number of pyridine rings is 1. The Morgan fingerprint density at radius 1 is 1.44 bits per heavy atom. The first-order valence-corrected chi connectivity index (χ1v) is 4.99. The van der Waals surface area contributed by atoms with Crippen LogP contribution in [0.3, 0.4) is 0 Å². The van der Waals surface area contributed by atoms with E-state index in [1.807, 2.05) is 0 Å². The van der Waals surface area contributed by atoms with E-state index in [9.17, 15) is 18.0 Å². The number of aromatic nitrogens is 3. The van der Waals surface area contributed by atoms with Gasteiger partial charge < -0.3 is 5.11 Å². The summed E-state index contributed by atoms with van der Waals surface area (Å²) in [7, 11) is 0. The van der Waals surface area contributed by atoms with Crippen LogP contribution in [0.1, 0.15) is 16.2 Å². The summed E-state index contributed by atoms with van der Waals surface area (Å²) in [5.74, 6) is -1.71. The van der Waals surface area contributed by atoms with Gasteiger partial charge in [0.05, 0.1) is 10.6 Å². The van der Waals surface area contributed by atoms with E-state index in [2.05, 4.69) is 10.2 Å². The predicted octanol–water partition coefficient (Wildman–Crippen LogP) is 2.19. The second-order valence-corrected chi connectivity index (χ2v) is 3.89. The van der Waals surface area contributed by atoms with Crippen molar-refractivity contribution in [1.82, 2.24) is 14.6 Å². The van der Waals surface area contributed by atoms with Crippen molar-refractivity contribution in [2.45, 2.75) is 12.6 Å². The molecule has 0 saturated carbocycles. The van der Waals surface area contributed by atoms with Gasteiger partial charge in [-0.25, -0.2) is 4.79 Å². The highest BCUT2D eigenvalue weighted by molar-refractivity contribution is 6.33.